The molecule has 2 nitrogen and oxygen atoms in total. The van der Waals surface area contributed by atoms with Crippen molar-refractivity contribution in [1.82, 2.24) is 4.98 Å². The third-order valence-electron chi connectivity index (χ3n) is 3.05. The lowest BCUT2D eigenvalue weighted by Gasteiger charge is -2.15. The van der Waals surface area contributed by atoms with Gasteiger partial charge in [0.15, 0.2) is 0 Å². The Morgan fingerprint density at radius 2 is 2.05 bits per heavy atom. The Labute approximate surface area is 118 Å². The predicted molar refractivity (Wildman–Crippen MR) is 79.6 cm³/mol. The van der Waals surface area contributed by atoms with Crippen molar-refractivity contribution >= 4 is 28.3 Å². The average molecular weight is 281 g/mol. The van der Waals surface area contributed by atoms with Gasteiger partial charge in [0.1, 0.15) is 11.6 Å². The van der Waals surface area contributed by atoms with Crippen LogP contribution in [0.15, 0.2) is 18.2 Å². The molecule has 0 unspecified atom stereocenters. The summed E-state index contributed by atoms with van der Waals surface area (Å²) < 4.78 is 13.5. The SMILES string of the molecule is CCCNc1nc2cc(F)c(Cl)cc2cc1C(C)C. The number of rotatable bonds is 4. The van der Waals surface area contributed by atoms with E-state index in [-0.39, 0.29) is 5.02 Å². The van der Waals surface area contributed by atoms with Crippen LogP contribution >= 0.6 is 11.6 Å². The molecule has 0 aliphatic carbocycles. The highest BCUT2D eigenvalue weighted by Crippen LogP contribution is 2.29. The minimum atomic E-state index is -0.430. The molecule has 0 amide bonds. The Morgan fingerprint density at radius 3 is 2.68 bits per heavy atom. The summed E-state index contributed by atoms with van der Waals surface area (Å²) in [6, 6.07) is 5.06. The highest BCUT2D eigenvalue weighted by molar-refractivity contribution is 6.31. The Bertz CT molecular complexity index is 596. The Kier molecular flexibility index (Phi) is 4.25. The molecule has 0 aliphatic heterocycles. The number of benzene rings is 1. The van der Waals surface area contributed by atoms with E-state index in [1.807, 2.05) is 6.07 Å². The van der Waals surface area contributed by atoms with Crippen LogP contribution in [0.5, 0.6) is 0 Å². The first-order valence-electron chi connectivity index (χ1n) is 6.56. The van der Waals surface area contributed by atoms with Crippen LogP contribution in [0.25, 0.3) is 10.9 Å². The molecule has 0 spiro atoms. The van der Waals surface area contributed by atoms with E-state index in [4.69, 9.17) is 11.6 Å². The third-order valence-corrected chi connectivity index (χ3v) is 3.34. The van der Waals surface area contributed by atoms with Crippen molar-refractivity contribution in [2.24, 2.45) is 0 Å². The molecule has 102 valence electrons. The lowest BCUT2D eigenvalue weighted by Crippen LogP contribution is -2.06. The second-order valence-electron chi connectivity index (χ2n) is 4.97. The van der Waals surface area contributed by atoms with E-state index in [1.54, 1.807) is 6.07 Å². The normalized spacial score (nSPS) is 11.3. The molecule has 2 rings (SSSR count). The molecule has 0 radical (unpaired) electrons. The molecule has 19 heavy (non-hydrogen) atoms. The maximum Gasteiger partial charge on any atom is 0.143 e. The minimum Gasteiger partial charge on any atom is -0.370 e. The van der Waals surface area contributed by atoms with Crippen LogP contribution < -0.4 is 5.32 Å². The summed E-state index contributed by atoms with van der Waals surface area (Å²) >= 11 is 5.82. The van der Waals surface area contributed by atoms with E-state index in [0.29, 0.717) is 11.4 Å². The fraction of sp³-hybridized carbons (Fsp3) is 0.400. The van der Waals surface area contributed by atoms with Gasteiger partial charge in [-0.25, -0.2) is 9.37 Å². The highest BCUT2D eigenvalue weighted by Gasteiger charge is 2.12. The van der Waals surface area contributed by atoms with E-state index in [9.17, 15) is 4.39 Å². The molecule has 1 aromatic carbocycles. The molecule has 1 aromatic heterocycles. The maximum atomic E-state index is 13.5. The summed E-state index contributed by atoms with van der Waals surface area (Å²) in [7, 11) is 0. The summed E-state index contributed by atoms with van der Waals surface area (Å²) in [5, 5.41) is 4.31. The number of hydrogen-bond acceptors (Lipinski definition) is 2. The van der Waals surface area contributed by atoms with Gasteiger partial charge in [-0.05, 0) is 30.0 Å². The number of pyridine rings is 1. The molecule has 0 saturated heterocycles. The van der Waals surface area contributed by atoms with Crippen LogP contribution in [0.3, 0.4) is 0 Å². The largest absolute Gasteiger partial charge is 0.370 e. The van der Waals surface area contributed by atoms with E-state index in [2.05, 4.69) is 31.1 Å². The van der Waals surface area contributed by atoms with Crippen molar-refractivity contribution in [3.05, 3.63) is 34.6 Å². The first-order valence-corrected chi connectivity index (χ1v) is 6.94. The zero-order valence-corrected chi connectivity index (χ0v) is 12.2. The van der Waals surface area contributed by atoms with E-state index in [0.717, 1.165) is 29.7 Å². The number of nitrogens with zero attached hydrogens (tertiary/aromatic N) is 1. The smallest absolute Gasteiger partial charge is 0.143 e. The summed E-state index contributed by atoms with van der Waals surface area (Å²) in [5.74, 6) is 0.756. The number of anilines is 1. The minimum absolute atomic E-state index is 0.137. The molecule has 4 heteroatoms. The standard InChI is InChI=1S/C15H18ClFN2/c1-4-5-18-15-11(9(2)3)6-10-7-12(16)13(17)8-14(10)19-15/h6-9H,4-5H2,1-3H3,(H,18,19). The van der Waals surface area contributed by atoms with Crippen molar-refractivity contribution in [2.75, 3.05) is 11.9 Å². The van der Waals surface area contributed by atoms with Gasteiger partial charge in [0.05, 0.1) is 10.5 Å². The lowest BCUT2D eigenvalue weighted by molar-refractivity contribution is 0.630. The van der Waals surface area contributed by atoms with Crippen LogP contribution in [-0.2, 0) is 0 Å². The van der Waals surface area contributed by atoms with Gasteiger partial charge in [0.25, 0.3) is 0 Å². The van der Waals surface area contributed by atoms with Crippen molar-refractivity contribution < 1.29 is 4.39 Å². The fourth-order valence-electron chi connectivity index (χ4n) is 2.01. The first kappa shape index (κ1) is 14.1. The van der Waals surface area contributed by atoms with Gasteiger partial charge in [-0.3, -0.25) is 0 Å². The van der Waals surface area contributed by atoms with E-state index >= 15 is 0 Å². The number of aromatic nitrogens is 1. The van der Waals surface area contributed by atoms with Gasteiger partial charge >= 0.3 is 0 Å². The molecule has 2 aromatic rings. The molecular formula is C15H18ClFN2. The quantitative estimate of drug-likeness (QED) is 0.855. The molecule has 0 atom stereocenters. The van der Waals surface area contributed by atoms with Gasteiger partial charge in [0.2, 0.25) is 0 Å². The predicted octanol–water partition coefficient (Wildman–Crippen LogP) is 4.97. The monoisotopic (exact) mass is 280 g/mol. The number of halogens is 2. The van der Waals surface area contributed by atoms with Crippen LogP contribution in [0.2, 0.25) is 5.02 Å². The molecule has 0 fully saturated rings. The zero-order chi connectivity index (χ0) is 14.0. The highest BCUT2D eigenvalue weighted by atomic mass is 35.5. The molecule has 0 bridgehead atoms. The second-order valence-corrected chi connectivity index (χ2v) is 5.37. The first-order chi connectivity index (χ1) is 9.02. The van der Waals surface area contributed by atoms with Crippen molar-refractivity contribution in [1.29, 1.82) is 0 Å². The van der Waals surface area contributed by atoms with Gasteiger partial charge in [0, 0.05) is 18.0 Å². The van der Waals surface area contributed by atoms with Crippen LogP contribution in [0.4, 0.5) is 10.2 Å². The van der Waals surface area contributed by atoms with E-state index < -0.39 is 5.82 Å². The zero-order valence-electron chi connectivity index (χ0n) is 11.4. The number of hydrogen-bond donors (Lipinski definition) is 1. The van der Waals surface area contributed by atoms with Crippen molar-refractivity contribution in [3.63, 3.8) is 0 Å². The number of fused-ring (bicyclic) bond motifs is 1. The van der Waals surface area contributed by atoms with Crippen molar-refractivity contribution in [2.45, 2.75) is 33.1 Å². The topological polar surface area (TPSA) is 24.9 Å². The summed E-state index contributed by atoms with van der Waals surface area (Å²) in [6.45, 7) is 7.19. The molecule has 0 saturated carbocycles. The fourth-order valence-corrected chi connectivity index (χ4v) is 2.18. The maximum absolute atomic E-state index is 13.5. The summed E-state index contributed by atoms with van der Waals surface area (Å²) in [5.41, 5.74) is 1.76. The third kappa shape index (κ3) is 2.98. The Balaban J connectivity index is 2.58. The number of nitrogens with one attached hydrogen (secondary N) is 1. The van der Waals surface area contributed by atoms with Crippen LogP contribution in [0.1, 0.15) is 38.7 Å². The van der Waals surface area contributed by atoms with Crippen molar-refractivity contribution in [3.8, 4) is 0 Å². The second kappa shape index (κ2) is 5.74. The Hall–Kier alpha value is -1.35. The molecule has 1 heterocycles. The average Bonchev–Trinajstić information content (AvgIpc) is 2.36. The van der Waals surface area contributed by atoms with Crippen LogP contribution in [0, 0.1) is 5.82 Å². The summed E-state index contributed by atoms with van der Waals surface area (Å²) in [6.07, 6.45) is 1.02. The Morgan fingerprint density at radius 1 is 1.32 bits per heavy atom. The molecular weight excluding hydrogens is 263 g/mol. The van der Waals surface area contributed by atoms with Gasteiger partial charge in [-0.1, -0.05) is 32.4 Å². The summed E-state index contributed by atoms with van der Waals surface area (Å²) in [4.78, 5) is 4.53. The molecule has 1 N–H and O–H groups in total. The van der Waals surface area contributed by atoms with Gasteiger partial charge in [-0.15, -0.1) is 0 Å². The van der Waals surface area contributed by atoms with Crippen LogP contribution in [-0.4, -0.2) is 11.5 Å². The van der Waals surface area contributed by atoms with E-state index in [1.165, 1.54) is 6.07 Å². The molecule has 0 aliphatic rings. The van der Waals surface area contributed by atoms with Gasteiger partial charge in [-0.2, -0.15) is 0 Å². The van der Waals surface area contributed by atoms with Gasteiger partial charge < -0.3 is 5.32 Å². The lowest BCUT2D eigenvalue weighted by atomic mass is 10.0.